The standard InChI is InChI=1S/C25H20N4OS/c1-17-13-20(18(2)29(17)22-11-7-4-8-12-22)14-21(15-26)24(30)28-25-27-23(16-31-25)19-9-5-3-6-10-19/h3-14,16H,1-2H3,(H,27,28,30)/b21-14-. The van der Waals surface area contributed by atoms with Crippen LogP contribution < -0.4 is 5.32 Å². The SMILES string of the molecule is Cc1cc(/C=C(/C#N)C(=O)Nc2nc(-c3ccccc3)cs2)c(C)n1-c1ccccc1. The first-order chi connectivity index (χ1) is 15.1. The van der Waals surface area contributed by atoms with E-state index in [2.05, 4.69) is 14.9 Å². The maximum Gasteiger partial charge on any atom is 0.268 e. The molecule has 1 N–H and O–H groups in total. The molecule has 152 valence electrons. The number of aryl methyl sites for hydroxylation is 1. The van der Waals surface area contributed by atoms with E-state index in [1.54, 1.807) is 6.08 Å². The van der Waals surface area contributed by atoms with Crippen LogP contribution in [0.3, 0.4) is 0 Å². The van der Waals surface area contributed by atoms with Gasteiger partial charge in [0.25, 0.3) is 5.91 Å². The fourth-order valence-corrected chi connectivity index (χ4v) is 4.16. The van der Waals surface area contributed by atoms with Crippen molar-refractivity contribution in [1.29, 1.82) is 5.26 Å². The number of carbonyl (C=O) groups is 1. The average molecular weight is 425 g/mol. The van der Waals surface area contributed by atoms with Gasteiger partial charge in [0, 0.05) is 28.0 Å². The van der Waals surface area contributed by atoms with E-state index in [9.17, 15) is 10.1 Å². The molecule has 0 bridgehead atoms. The zero-order chi connectivity index (χ0) is 21.8. The zero-order valence-electron chi connectivity index (χ0n) is 17.2. The van der Waals surface area contributed by atoms with Crippen molar-refractivity contribution in [1.82, 2.24) is 9.55 Å². The van der Waals surface area contributed by atoms with Gasteiger partial charge in [-0.15, -0.1) is 11.3 Å². The number of aromatic nitrogens is 2. The van der Waals surface area contributed by atoms with Crippen LogP contribution in [0.15, 0.2) is 77.7 Å². The molecule has 0 spiro atoms. The number of anilines is 1. The van der Waals surface area contributed by atoms with Crippen LogP contribution in [0, 0.1) is 25.2 Å². The van der Waals surface area contributed by atoms with Crippen LogP contribution in [0.2, 0.25) is 0 Å². The first-order valence-electron chi connectivity index (χ1n) is 9.75. The number of nitrogens with one attached hydrogen (secondary N) is 1. The molecule has 0 radical (unpaired) electrons. The Morgan fingerprint density at radius 3 is 2.45 bits per heavy atom. The van der Waals surface area contributed by atoms with Gasteiger partial charge in [0.2, 0.25) is 0 Å². The Labute approximate surface area is 184 Å². The van der Waals surface area contributed by atoms with Crippen molar-refractivity contribution >= 4 is 28.5 Å². The number of hydrogen-bond acceptors (Lipinski definition) is 4. The summed E-state index contributed by atoms with van der Waals surface area (Å²) in [5, 5.41) is 14.7. The van der Waals surface area contributed by atoms with Crippen LogP contribution in [-0.2, 0) is 4.79 Å². The van der Waals surface area contributed by atoms with Gasteiger partial charge in [-0.2, -0.15) is 5.26 Å². The Kier molecular flexibility index (Phi) is 5.78. The second kappa shape index (κ2) is 8.82. The largest absolute Gasteiger partial charge is 0.318 e. The molecular formula is C25H20N4OS. The topological polar surface area (TPSA) is 70.7 Å². The maximum absolute atomic E-state index is 12.7. The van der Waals surface area contributed by atoms with E-state index in [1.165, 1.54) is 11.3 Å². The molecule has 0 saturated carbocycles. The number of rotatable bonds is 5. The molecule has 0 aliphatic heterocycles. The number of para-hydroxylation sites is 1. The van der Waals surface area contributed by atoms with Gasteiger partial charge in [0.05, 0.1) is 5.69 Å². The molecule has 0 atom stereocenters. The monoisotopic (exact) mass is 424 g/mol. The molecule has 2 heterocycles. The molecule has 31 heavy (non-hydrogen) atoms. The van der Waals surface area contributed by atoms with Crippen molar-refractivity contribution in [3.05, 3.63) is 94.6 Å². The fourth-order valence-electron chi connectivity index (χ4n) is 3.45. The van der Waals surface area contributed by atoms with Crippen molar-refractivity contribution < 1.29 is 4.79 Å². The smallest absolute Gasteiger partial charge is 0.268 e. The molecule has 4 rings (SSSR count). The first kappa shape index (κ1) is 20.3. The molecule has 0 fully saturated rings. The van der Waals surface area contributed by atoms with Crippen LogP contribution in [0.4, 0.5) is 5.13 Å². The van der Waals surface area contributed by atoms with Crippen molar-refractivity contribution in [3.63, 3.8) is 0 Å². The number of carbonyl (C=O) groups excluding carboxylic acids is 1. The van der Waals surface area contributed by atoms with Crippen LogP contribution in [0.25, 0.3) is 23.0 Å². The van der Waals surface area contributed by atoms with Crippen molar-refractivity contribution in [2.24, 2.45) is 0 Å². The maximum atomic E-state index is 12.7. The molecule has 0 unspecified atom stereocenters. The summed E-state index contributed by atoms with van der Waals surface area (Å²) in [6.45, 7) is 3.98. The minimum Gasteiger partial charge on any atom is -0.318 e. The number of hydrogen-bond donors (Lipinski definition) is 1. The average Bonchev–Trinajstić information content (AvgIpc) is 3.37. The fraction of sp³-hybridized carbons (Fsp3) is 0.0800. The molecule has 4 aromatic rings. The van der Waals surface area contributed by atoms with Gasteiger partial charge in [0.1, 0.15) is 11.6 Å². The molecule has 1 amide bonds. The van der Waals surface area contributed by atoms with E-state index in [4.69, 9.17) is 0 Å². The van der Waals surface area contributed by atoms with Crippen LogP contribution in [0.5, 0.6) is 0 Å². The normalized spacial score (nSPS) is 11.2. The van der Waals surface area contributed by atoms with Gasteiger partial charge in [-0.25, -0.2) is 4.98 Å². The summed E-state index contributed by atoms with van der Waals surface area (Å²) in [6.07, 6.45) is 1.63. The third-order valence-corrected chi connectivity index (χ3v) is 5.70. The van der Waals surface area contributed by atoms with Crippen molar-refractivity contribution in [2.45, 2.75) is 13.8 Å². The lowest BCUT2D eigenvalue weighted by molar-refractivity contribution is -0.112. The van der Waals surface area contributed by atoms with Crippen LogP contribution >= 0.6 is 11.3 Å². The third-order valence-electron chi connectivity index (χ3n) is 4.94. The van der Waals surface area contributed by atoms with Gasteiger partial charge in [-0.05, 0) is 43.7 Å². The van der Waals surface area contributed by atoms with E-state index in [0.29, 0.717) is 5.13 Å². The summed E-state index contributed by atoms with van der Waals surface area (Å²) in [4.78, 5) is 17.2. The number of thiazole rings is 1. The summed E-state index contributed by atoms with van der Waals surface area (Å²) >= 11 is 1.33. The summed E-state index contributed by atoms with van der Waals surface area (Å²) in [7, 11) is 0. The van der Waals surface area contributed by atoms with E-state index < -0.39 is 5.91 Å². The predicted molar refractivity (Wildman–Crippen MR) is 125 cm³/mol. The molecule has 6 heteroatoms. The van der Waals surface area contributed by atoms with Crippen molar-refractivity contribution in [2.75, 3.05) is 5.32 Å². The summed E-state index contributed by atoms with van der Waals surface area (Å²) in [6, 6.07) is 23.7. The molecule has 0 saturated heterocycles. The number of nitriles is 1. The lowest BCUT2D eigenvalue weighted by atomic mass is 10.1. The van der Waals surface area contributed by atoms with E-state index >= 15 is 0 Å². The van der Waals surface area contributed by atoms with E-state index in [1.807, 2.05) is 92.0 Å². The lowest BCUT2D eigenvalue weighted by Crippen LogP contribution is -2.13. The Morgan fingerprint density at radius 1 is 1.10 bits per heavy atom. The quantitative estimate of drug-likeness (QED) is 0.327. The van der Waals surface area contributed by atoms with E-state index in [0.717, 1.165) is 33.9 Å². The minimum atomic E-state index is -0.471. The van der Waals surface area contributed by atoms with Crippen LogP contribution in [-0.4, -0.2) is 15.5 Å². The van der Waals surface area contributed by atoms with Crippen LogP contribution in [0.1, 0.15) is 17.0 Å². The Bertz CT molecular complexity index is 1290. The number of nitrogens with zero attached hydrogens (tertiary/aromatic N) is 3. The second-order valence-electron chi connectivity index (χ2n) is 7.03. The Balaban J connectivity index is 1.58. The van der Waals surface area contributed by atoms with Gasteiger partial charge in [0.15, 0.2) is 5.13 Å². The molecule has 0 aliphatic carbocycles. The Hall–Kier alpha value is -3.95. The second-order valence-corrected chi connectivity index (χ2v) is 7.88. The van der Waals surface area contributed by atoms with Crippen molar-refractivity contribution in [3.8, 4) is 23.0 Å². The van der Waals surface area contributed by atoms with Gasteiger partial charge < -0.3 is 4.57 Å². The third kappa shape index (κ3) is 4.32. The summed E-state index contributed by atoms with van der Waals surface area (Å²) in [5.41, 5.74) is 5.65. The molecule has 5 nitrogen and oxygen atoms in total. The molecule has 0 aliphatic rings. The highest BCUT2D eigenvalue weighted by atomic mass is 32.1. The zero-order valence-corrected chi connectivity index (χ0v) is 18.0. The lowest BCUT2D eigenvalue weighted by Gasteiger charge is -2.09. The highest BCUT2D eigenvalue weighted by Crippen LogP contribution is 2.26. The highest BCUT2D eigenvalue weighted by molar-refractivity contribution is 7.14. The molecular weight excluding hydrogens is 404 g/mol. The summed E-state index contributed by atoms with van der Waals surface area (Å²) < 4.78 is 2.10. The van der Waals surface area contributed by atoms with E-state index in [-0.39, 0.29) is 5.57 Å². The first-order valence-corrected chi connectivity index (χ1v) is 10.6. The van der Waals surface area contributed by atoms with Gasteiger partial charge >= 0.3 is 0 Å². The predicted octanol–water partition coefficient (Wildman–Crippen LogP) is 5.76. The number of benzene rings is 2. The van der Waals surface area contributed by atoms with Gasteiger partial charge in [-0.3, -0.25) is 10.1 Å². The molecule has 2 aromatic heterocycles. The summed E-state index contributed by atoms with van der Waals surface area (Å²) in [5.74, 6) is -0.471. The number of amides is 1. The van der Waals surface area contributed by atoms with Gasteiger partial charge in [-0.1, -0.05) is 48.5 Å². The minimum absolute atomic E-state index is 0.0322. The highest BCUT2D eigenvalue weighted by Gasteiger charge is 2.15. The molecule has 2 aromatic carbocycles. The Morgan fingerprint density at radius 2 is 1.77 bits per heavy atom.